The Morgan fingerprint density at radius 2 is 1.89 bits per heavy atom. The first-order chi connectivity index (χ1) is 8.54. The molecule has 3 atom stereocenters. The molecule has 0 saturated carbocycles. The van der Waals surface area contributed by atoms with Gasteiger partial charge in [-0.2, -0.15) is 0 Å². The zero-order chi connectivity index (χ0) is 13.1. The van der Waals surface area contributed by atoms with E-state index >= 15 is 0 Å². The van der Waals surface area contributed by atoms with Crippen molar-refractivity contribution >= 4 is 18.3 Å². The number of nitrogens with zero attached hydrogens (tertiary/aromatic N) is 1. The lowest BCUT2D eigenvalue weighted by atomic mass is 9.91. The summed E-state index contributed by atoms with van der Waals surface area (Å²) >= 11 is 0. The van der Waals surface area contributed by atoms with Crippen LogP contribution >= 0.6 is 12.4 Å². The number of halogens is 1. The molecule has 0 aromatic heterocycles. The maximum absolute atomic E-state index is 11.8. The molecule has 2 fully saturated rings. The van der Waals surface area contributed by atoms with E-state index in [9.17, 15) is 4.79 Å². The fourth-order valence-electron chi connectivity index (χ4n) is 3.21. The van der Waals surface area contributed by atoms with E-state index in [0.29, 0.717) is 0 Å². The Hall–Kier alpha value is -0.320. The fraction of sp³-hybridized carbons (Fsp3) is 0.929. The fourth-order valence-corrected chi connectivity index (χ4v) is 3.21. The molecule has 5 heteroatoms. The highest BCUT2D eigenvalue weighted by atomic mass is 35.5. The molecule has 112 valence electrons. The maximum Gasteiger partial charge on any atom is 0.225 e. The van der Waals surface area contributed by atoms with E-state index in [1.807, 2.05) is 0 Å². The normalized spacial score (nSPS) is 30.1. The summed E-state index contributed by atoms with van der Waals surface area (Å²) in [5.74, 6) is 1.99. The van der Waals surface area contributed by atoms with E-state index in [0.717, 1.165) is 31.5 Å². The summed E-state index contributed by atoms with van der Waals surface area (Å²) in [5.41, 5.74) is 0. The summed E-state index contributed by atoms with van der Waals surface area (Å²) < 4.78 is 0. The summed E-state index contributed by atoms with van der Waals surface area (Å²) in [6.45, 7) is 11.8. The minimum Gasteiger partial charge on any atom is -0.352 e. The molecular weight excluding hydrogens is 262 g/mol. The van der Waals surface area contributed by atoms with Gasteiger partial charge in [0.05, 0.1) is 5.92 Å². The van der Waals surface area contributed by atoms with E-state index in [-0.39, 0.29) is 30.3 Å². The highest BCUT2D eigenvalue weighted by Gasteiger charge is 2.27. The predicted octanol–water partition coefficient (Wildman–Crippen LogP) is 1.11. The topological polar surface area (TPSA) is 44.4 Å². The highest BCUT2D eigenvalue weighted by Crippen LogP contribution is 2.20. The van der Waals surface area contributed by atoms with Gasteiger partial charge in [0, 0.05) is 38.8 Å². The number of piperidine rings is 1. The van der Waals surface area contributed by atoms with E-state index in [1.54, 1.807) is 0 Å². The summed E-state index contributed by atoms with van der Waals surface area (Å²) in [5, 5.41) is 6.28. The third-order valence-electron chi connectivity index (χ3n) is 4.02. The Labute approximate surface area is 123 Å². The van der Waals surface area contributed by atoms with Crippen LogP contribution in [0.4, 0.5) is 0 Å². The molecule has 1 amide bonds. The Bertz CT molecular complexity index is 286. The molecule has 0 aromatic carbocycles. The van der Waals surface area contributed by atoms with E-state index in [4.69, 9.17) is 0 Å². The lowest BCUT2D eigenvalue weighted by molar-refractivity contribution is -0.127. The standard InChI is InChI=1S/C14H27N3O.ClH/c1-10-4-11(2)8-17(7-10)9-12(3)16-14(18)13-5-15-6-13;/h10-13,15H,4-9H2,1-3H3,(H,16,18);1H. The van der Waals surface area contributed by atoms with Crippen molar-refractivity contribution in [2.24, 2.45) is 17.8 Å². The molecule has 0 bridgehead atoms. The zero-order valence-electron chi connectivity index (χ0n) is 12.3. The Morgan fingerprint density at radius 3 is 2.37 bits per heavy atom. The van der Waals surface area contributed by atoms with Gasteiger partial charge in [-0.1, -0.05) is 13.8 Å². The number of rotatable bonds is 4. The average Bonchev–Trinajstić information content (AvgIpc) is 2.11. The first kappa shape index (κ1) is 16.7. The number of carbonyl (C=O) groups excluding carboxylic acids is 1. The van der Waals surface area contributed by atoms with Gasteiger partial charge in [-0.25, -0.2) is 0 Å². The molecule has 2 rings (SSSR count). The van der Waals surface area contributed by atoms with E-state index in [2.05, 4.69) is 36.3 Å². The number of amides is 1. The summed E-state index contributed by atoms with van der Waals surface area (Å²) in [4.78, 5) is 14.3. The predicted molar refractivity (Wildman–Crippen MR) is 80.6 cm³/mol. The van der Waals surface area contributed by atoms with Gasteiger partial charge in [-0.3, -0.25) is 4.79 Å². The zero-order valence-corrected chi connectivity index (χ0v) is 13.1. The Morgan fingerprint density at radius 1 is 1.32 bits per heavy atom. The molecule has 0 aliphatic carbocycles. The van der Waals surface area contributed by atoms with Crippen molar-refractivity contribution in [3.8, 4) is 0 Å². The first-order valence-corrected chi connectivity index (χ1v) is 7.28. The van der Waals surface area contributed by atoms with Crippen LogP contribution in [0.1, 0.15) is 27.2 Å². The number of nitrogens with one attached hydrogen (secondary N) is 2. The number of hydrogen-bond donors (Lipinski definition) is 2. The number of carbonyl (C=O) groups is 1. The van der Waals surface area contributed by atoms with Crippen molar-refractivity contribution in [3.05, 3.63) is 0 Å². The van der Waals surface area contributed by atoms with Crippen LogP contribution < -0.4 is 10.6 Å². The molecule has 2 aliphatic rings. The summed E-state index contributed by atoms with van der Waals surface area (Å²) in [6, 6.07) is 0.260. The van der Waals surface area contributed by atoms with Crippen molar-refractivity contribution in [2.75, 3.05) is 32.7 Å². The molecule has 3 unspecified atom stereocenters. The average molecular weight is 290 g/mol. The van der Waals surface area contributed by atoms with Crippen molar-refractivity contribution in [3.63, 3.8) is 0 Å². The van der Waals surface area contributed by atoms with Gasteiger partial charge in [0.15, 0.2) is 0 Å². The molecule has 0 aromatic rings. The van der Waals surface area contributed by atoms with Crippen LogP contribution in [-0.2, 0) is 4.79 Å². The Balaban J connectivity index is 0.00000180. The number of likely N-dealkylation sites (tertiary alicyclic amines) is 1. The van der Waals surface area contributed by atoms with Crippen molar-refractivity contribution < 1.29 is 4.79 Å². The van der Waals surface area contributed by atoms with Crippen molar-refractivity contribution in [1.82, 2.24) is 15.5 Å². The van der Waals surface area contributed by atoms with Gasteiger partial charge >= 0.3 is 0 Å². The van der Waals surface area contributed by atoms with E-state index < -0.39 is 0 Å². The van der Waals surface area contributed by atoms with Crippen LogP contribution in [0.3, 0.4) is 0 Å². The van der Waals surface area contributed by atoms with Crippen LogP contribution in [0.15, 0.2) is 0 Å². The highest BCUT2D eigenvalue weighted by molar-refractivity contribution is 5.85. The molecule has 2 aliphatic heterocycles. The summed E-state index contributed by atoms with van der Waals surface area (Å²) in [6.07, 6.45) is 1.34. The van der Waals surface area contributed by atoms with Crippen LogP contribution in [0.2, 0.25) is 0 Å². The molecule has 4 nitrogen and oxygen atoms in total. The molecule has 0 spiro atoms. The summed E-state index contributed by atoms with van der Waals surface area (Å²) in [7, 11) is 0. The minimum absolute atomic E-state index is 0. The molecule has 2 heterocycles. The smallest absolute Gasteiger partial charge is 0.225 e. The second-order valence-corrected chi connectivity index (χ2v) is 6.43. The van der Waals surface area contributed by atoms with Crippen LogP contribution in [0, 0.1) is 17.8 Å². The minimum atomic E-state index is 0. The third-order valence-corrected chi connectivity index (χ3v) is 4.02. The monoisotopic (exact) mass is 289 g/mol. The van der Waals surface area contributed by atoms with Gasteiger partial charge in [0.2, 0.25) is 5.91 Å². The lowest BCUT2D eigenvalue weighted by Gasteiger charge is -2.37. The van der Waals surface area contributed by atoms with Crippen LogP contribution in [0.5, 0.6) is 0 Å². The second-order valence-electron chi connectivity index (χ2n) is 6.43. The lowest BCUT2D eigenvalue weighted by Crippen LogP contribution is -2.54. The quantitative estimate of drug-likeness (QED) is 0.815. The van der Waals surface area contributed by atoms with Crippen molar-refractivity contribution in [2.45, 2.75) is 33.2 Å². The van der Waals surface area contributed by atoms with Gasteiger partial charge in [-0.05, 0) is 25.2 Å². The Kier molecular flexibility index (Phi) is 6.57. The van der Waals surface area contributed by atoms with Gasteiger partial charge in [0.25, 0.3) is 0 Å². The number of hydrogen-bond acceptors (Lipinski definition) is 3. The van der Waals surface area contributed by atoms with Crippen molar-refractivity contribution in [1.29, 1.82) is 0 Å². The second kappa shape index (κ2) is 7.46. The maximum atomic E-state index is 11.8. The largest absolute Gasteiger partial charge is 0.352 e. The molecular formula is C14H28ClN3O. The van der Waals surface area contributed by atoms with Crippen LogP contribution in [0.25, 0.3) is 0 Å². The third kappa shape index (κ3) is 4.93. The van der Waals surface area contributed by atoms with Gasteiger partial charge < -0.3 is 15.5 Å². The van der Waals surface area contributed by atoms with Gasteiger partial charge in [-0.15, -0.1) is 12.4 Å². The SMILES string of the molecule is CC1CC(C)CN(CC(C)NC(=O)C2CNC2)C1.Cl. The first-order valence-electron chi connectivity index (χ1n) is 7.28. The van der Waals surface area contributed by atoms with Crippen LogP contribution in [-0.4, -0.2) is 49.6 Å². The van der Waals surface area contributed by atoms with Gasteiger partial charge in [0.1, 0.15) is 0 Å². The molecule has 2 saturated heterocycles. The molecule has 19 heavy (non-hydrogen) atoms. The van der Waals surface area contributed by atoms with E-state index in [1.165, 1.54) is 19.5 Å². The molecule has 2 N–H and O–H groups in total. The molecule has 0 radical (unpaired) electrons.